The third-order valence-electron chi connectivity index (χ3n) is 4.63. The maximum Gasteiger partial charge on any atom is 0.307 e. The highest BCUT2D eigenvalue weighted by atomic mass is 32.1. The van der Waals surface area contributed by atoms with Gasteiger partial charge < -0.3 is 14.6 Å². The van der Waals surface area contributed by atoms with Crippen molar-refractivity contribution in [1.82, 2.24) is 14.8 Å². The van der Waals surface area contributed by atoms with Crippen LogP contribution in [0.15, 0.2) is 34.4 Å². The molecule has 1 fully saturated rings. The molecule has 1 aromatic heterocycles. The Morgan fingerprint density at radius 1 is 1.23 bits per heavy atom. The fourth-order valence-corrected chi connectivity index (χ4v) is 3.82. The van der Waals surface area contributed by atoms with Crippen LogP contribution in [0.25, 0.3) is 0 Å². The van der Waals surface area contributed by atoms with Crippen LogP contribution in [0.1, 0.15) is 23.2 Å². The topological polar surface area (TPSA) is 63.6 Å². The van der Waals surface area contributed by atoms with E-state index in [0.717, 1.165) is 44.1 Å². The van der Waals surface area contributed by atoms with E-state index in [-0.39, 0.29) is 10.8 Å². The van der Waals surface area contributed by atoms with Gasteiger partial charge in [0.2, 0.25) is 5.91 Å². The monoisotopic (exact) mass is 375 g/mol. The van der Waals surface area contributed by atoms with Crippen LogP contribution in [0.5, 0.6) is 0 Å². The zero-order chi connectivity index (χ0) is 18.4. The quantitative estimate of drug-likeness (QED) is 0.801. The minimum Gasteiger partial charge on any atom is -0.379 e. The molecule has 0 unspecified atom stereocenters. The lowest BCUT2D eigenvalue weighted by molar-refractivity contribution is -0.121. The first-order valence-corrected chi connectivity index (χ1v) is 9.80. The van der Waals surface area contributed by atoms with Crippen LogP contribution in [0, 0.1) is 6.92 Å². The summed E-state index contributed by atoms with van der Waals surface area (Å²) < 4.78 is 7.05. The number of amides is 1. The van der Waals surface area contributed by atoms with E-state index in [4.69, 9.17) is 4.74 Å². The van der Waals surface area contributed by atoms with Gasteiger partial charge in [-0.25, -0.2) is 0 Å². The first kappa shape index (κ1) is 18.8. The van der Waals surface area contributed by atoms with E-state index in [2.05, 4.69) is 22.3 Å². The number of aryl methyl sites for hydroxylation is 1. The summed E-state index contributed by atoms with van der Waals surface area (Å²) in [4.78, 5) is 26.3. The number of thiazole rings is 1. The Labute approximate surface area is 157 Å². The van der Waals surface area contributed by atoms with Gasteiger partial charge in [-0.15, -0.1) is 0 Å². The maximum absolute atomic E-state index is 12.2. The number of carbonyl (C=O) groups excluding carboxylic acids is 1. The van der Waals surface area contributed by atoms with Crippen LogP contribution in [0.4, 0.5) is 0 Å². The molecule has 0 aliphatic carbocycles. The first-order chi connectivity index (χ1) is 12.6. The number of morpholine rings is 1. The Balaban J connectivity index is 1.52. The van der Waals surface area contributed by atoms with Crippen molar-refractivity contribution in [3.8, 4) is 0 Å². The molecular weight excluding hydrogens is 350 g/mol. The molecular formula is C19H25N3O3S. The number of carbonyl (C=O) groups is 1. The molecule has 0 atom stereocenters. The molecule has 0 saturated carbocycles. The van der Waals surface area contributed by atoms with Gasteiger partial charge in [0.1, 0.15) is 0 Å². The largest absolute Gasteiger partial charge is 0.379 e. The van der Waals surface area contributed by atoms with Crippen LogP contribution < -0.4 is 10.2 Å². The molecule has 1 saturated heterocycles. The SMILES string of the molecule is Cc1csc(=O)n1CCC(=O)NCc1ccccc1CN1CCOCC1. The summed E-state index contributed by atoms with van der Waals surface area (Å²) in [7, 11) is 0. The van der Waals surface area contributed by atoms with E-state index in [1.54, 1.807) is 4.57 Å². The van der Waals surface area contributed by atoms with Gasteiger partial charge in [0.05, 0.1) is 13.2 Å². The predicted molar refractivity (Wildman–Crippen MR) is 102 cm³/mol. The average molecular weight is 375 g/mol. The molecule has 26 heavy (non-hydrogen) atoms. The molecule has 1 amide bonds. The summed E-state index contributed by atoms with van der Waals surface area (Å²) in [5.41, 5.74) is 3.28. The van der Waals surface area contributed by atoms with Crippen LogP contribution in [0.2, 0.25) is 0 Å². The Hall–Kier alpha value is -1.96. The number of rotatable bonds is 7. The Bertz CT molecular complexity index is 793. The van der Waals surface area contributed by atoms with Gasteiger partial charge in [-0.3, -0.25) is 14.5 Å². The number of benzene rings is 1. The van der Waals surface area contributed by atoms with Crippen molar-refractivity contribution in [2.45, 2.75) is 33.0 Å². The van der Waals surface area contributed by atoms with Crippen LogP contribution in [-0.4, -0.2) is 41.7 Å². The third-order valence-corrected chi connectivity index (χ3v) is 5.51. The zero-order valence-electron chi connectivity index (χ0n) is 15.1. The molecule has 0 spiro atoms. The summed E-state index contributed by atoms with van der Waals surface area (Å²) in [6.07, 6.45) is 0.309. The standard InChI is InChI=1S/C19H25N3O3S/c1-15-14-26-19(24)22(15)7-6-18(23)20-12-16-4-2-3-5-17(16)13-21-8-10-25-11-9-21/h2-5,14H,6-13H2,1H3,(H,20,23). The second-order valence-electron chi connectivity index (χ2n) is 6.48. The normalized spacial score (nSPS) is 15.1. The van der Waals surface area contributed by atoms with Gasteiger partial charge in [-0.2, -0.15) is 0 Å². The van der Waals surface area contributed by atoms with E-state index in [9.17, 15) is 9.59 Å². The van der Waals surface area contributed by atoms with Crippen molar-refractivity contribution in [2.24, 2.45) is 0 Å². The maximum atomic E-state index is 12.2. The highest BCUT2D eigenvalue weighted by Gasteiger charge is 2.13. The van der Waals surface area contributed by atoms with Crippen LogP contribution in [-0.2, 0) is 29.2 Å². The van der Waals surface area contributed by atoms with Crippen LogP contribution in [0.3, 0.4) is 0 Å². The molecule has 6 nitrogen and oxygen atoms in total. The van der Waals surface area contributed by atoms with Crippen molar-refractivity contribution < 1.29 is 9.53 Å². The van der Waals surface area contributed by atoms with E-state index in [0.29, 0.717) is 19.5 Å². The summed E-state index contributed by atoms with van der Waals surface area (Å²) in [5, 5.41) is 4.81. The fourth-order valence-electron chi connectivity index (χ4n) is 3.05. The molecule has 1 aliphatic rings. The lowest BCUT2D eigenvalue weighted by atomic mass is 10.1. The van der Waals surface area contributed by atoms with E-state index in [1.807, 2.05) is 24.4 Å². The molecule has 0 radical (unpaired) electrons. The number of aromatic nitrogens is 1. The smallest absolute Gasteiger partial charge is 0.307 e. The molecule has 0 bridgehead atoms. The molecule has 2 aromatic rings. The van der Waals surface area contributed by atoms with Crippen molar-refractivity contribution in [1.29, 1.82) is 0 Å². The van der Waals surface area contributed by atoms with Crippen molar-refractivity contribution in [2.75, 3.05) is 26.3 Å². The van der Waals surface area contributed by atoms with Crippen LogP contribution >= 0.6 is 11.3 Å². The lowest BCUT2D eigenvalue weighted by Gasteiger charge is -2.27. The number of nitrogens with zero attached hydrogens (tertiary/aromatic N) is 2. The van der Waals surface area contributed by atoms with Gasteiger partial charge in [0.15, 0.2) is 0 Å². The minimum absolute atomic E-state index is 0.00819. The Kier molecular flexibility index (Phi) is 6.60. The summed E-state index contributed by atoms with van der Waals surface area (Å²) >= 11 is 1.17. The number of hydrogen-bond donors (Lipinski definition) is 1. The van der Waals surface area contributed by atoms with Gasteiger partial charge in [0, 0.05) is 50.2 Å². The first-order valence-electron chi connectivity index (χ1n) is 8.92. The molecule has 3 rings (SSSR count). The molecule has 1 aromatic carbocycles. The Morgan fingerprint density at radius 2 is 1.96 bits per heavy atom. The molecule has 2 heterocycles. The molecule has 7 heteroatoms. The number of ether oxygens (including phenoxy) is 1. The third kappa shape index (κ3) is 5.03. The van der Waals surface area contributed by atoms with Gasteiger partial charge in [-0.05, 0) is 18.1 Å². The molecule has 1 N–H and O–H groups in total. The highest BCUT2D eigenvalue weighted by molar-refractivity contribution is 7.07. The zero-order valence-corrected chi connectivity index (χ0v) is 15.9. The lowest BCUT2D eigenvalue weighted by Crippen LogP contribution is -2.36. The Morgan fingerprint density at radius 3 is 2.65 bits per heavy atom. The highest BCUT2D eigenvalue weighted by Crippen LogP contribution is 2.13. The van der Waals surface area contributed by atoms with Crippen molar-refractivity contribution >= 4 is 17.2 Å². The van der Waals surface area contributed by atoms with Gasteiger partial charge >= 0.3 is 4.87 Å². The van der Waals surface area contributed by atoms with E-state index < -0.39 is 0 Å². The van der Waals surface area contributed by atoms with Gasteiger partial charge in [0.25, 0.3) is 0 Å². The van der Waals surface area contributed by atoms with E-state index >= 15 is 0 Å². The summed E-state index contributed by atoms with van der Waals surface area (Å²) in [6.45, 7) is 7.13. The second kappa shape index (κ2) is 9.12. The summed E-state index contributed by atoms with van der Waals surface area (Å²) in [6, 6.07) is 8.21. The van der Waals surface area contributed by atoms with E-state index in [1.165, 1.54) is 16.9 Å². The number of hydrogen-bond acceptors (Lipinski definition) is 5. The predicted octanol–water partition coefficient (Wildman–Crippen LogP) is 1.76. The average Bonchev–Trinajstić information content (AvgIpc) is 2.98. The number of nitrogens with one attached hydrogen (secondary N) is 1. The van der Waals surface area contributed by atoms with Crippen molar-refractivity contribution in [3.05, 3.63) is 56.1 Å². The van der Waals surface area contributed by atoms with Gasteiger partial charge in [-0.1, -0.05) is 35.6 Å². The molecule has 140 valence electrons. The summed E-state index contributed by atoms with van der Waals surface area (Å²) in [5.74, 6) is -0.0383. The van der Waals surface area contributed by atoms with Crippen molar-refractivity contribution in [3.63, 3.8) is 0 Å². The molecule has 1 aliphatic heterocycles. The minimum atomic E-state index is -0.0383. The second-order valence-corrected chi connectivity index (χ2v) is 7.30. The fraction of sp³-hybridized carbons (Fsp3) is 0.474.